The zero-order valence-corrected chi connectivity index (χ0v) is 16.6. The van der Waals surface area contributed by atoms with Gasteiger partial charge < -0.3 is 5.32 Å². The van der Waals surface area contributed by atoms with Gasteiger partial charge in [-0.2, -0.15) is 49.3 Å². The zero-order chi connectivity index (χ0) is 25.5. The number of rotatable bonds is 4. The van der Waals surface area contributed by atoms with E-state index in [-0.39, 0.29) is 30.0 Å². The SMILES string of the molecule is CC(NC(=O)c1cc(C(F)(F)F)cc(C(F)(F)F)c1)c1ncnn1-c1ncc(C(F)(F)F)cn1. The van der Waals surface area contributed by atoms with Gasteiger partial charge in [-0.1, -0.05) is 0 Å². The van der Waals surface area contributed by atoms with Crippen LogP contribution in [0.4, 0.5) is 39.5 Å². The maximum Gasteiger partial charge on any atom is 0.419 e. The van der Waals surface area contributed by atoms with Crippen molar-refractivity contribution in [2.75, 3.05) is 0 Å². The van der Waals surface area contributed by atoms with Gasteiger partial charge >= 0.3 is 18.5 Å². The number of amides is 1. The minimum atomic E-state index is -5.15. The molecule has 0 aliphatic carbocycles. The first-order valence-corrected chi connectivity index (χ1v) is 8.97. The number of hydrogen-bond acceptors (Lipinski definition) is 5. The number of nitrogens with zero attached hydrogens (tertiary/aromatic N) is 5. The van der Waals surface area contributed by atoms with E-state index in [0.717, 1.165) is 11.0 Å². The van der Waals surface area contributed by atoms with Crippen molar-refractivity contribution < 1.29 is 44.3 Å². The van der Waals surface area contributed by atoms with Gasteiger partial charge in [0.1, 0.15) is 6.33 Å². The Hall–Kier alpha value is -3.72. The third kappa shape index (κ3) is 5.43. The van der Waals surface area contributed by atoms with Gasteiger partial charge in [0.25, 0.3) is 11.9 Å². The molecule has 0 bridgehead atoms. The van der Waals surface area contributed by atoms with E-state index in [1.165, 1.54) is 6.92 Å². The third-order valence-corrected chi connectivity index (χ3v) is 4.31. The highest BCUT2D eigenvalue weighted by molar-refractivity contribution is 5.94. The Morgan fingerprint density at radius 3 is 1.79 bits per heavy atom. The second-order valence-corrected chi connectivity index (χ2v) is 6.79. The Labute approximate surface area is 183 Å². The summed E-state index contributed by atoms with van der Waals surface area (Å²) in [6.07, 6.45) is -13.1. The number of hydrogen-bond donors (Lipinski definition) is 1. The topological polar surface area (TPSA) is 85.6 Å². The number of alkyl halides is 9. The van der Waals surface area contributed by atoms with Crippen LogP contribution in [0.25, 0.3) is 5.95 Å². The smallest absolute Gasteiger partial charge is 0.342 e. The summed E-state index contributed by atoms with van der Waals surface area (Å²) in [5.41, 5.74) is -5.43. The molecule has 0 spiro atoms. The van der Waals surface area contributed by atoms with Gasteiger partial charge in [-0.15, -0.1) is 0 Å². The Morgan fingerprint density at radius 2 is 1.32 bits per heavy atom. The molecule has 1 atom stereocenters. The summed E-state index contributed by atoms with van der Waals surface area (Å²) in [6.45, 7) is 1.26. The lowest BCUT2D eigenvalue weighted by atomic mass is 10.0. The summed E-state index contributed by atoms with van der Waals surface area (Å²) in [5.74, 6) is -1.83. The predicted octanol–water partition coefficient (Wildman–Crippen LogP) is 4.60. The molecule has 1 amide bonds. The van der Waals surface area contributed by atoms with Gasteiger partial charge in [-0.25, -0.2) is 15.0 Å². The van der Waals surface area contributed by atoms with Crippen LogP contribution in [0.3, 0.4) is 0 Å². The summed E-state index contributed by atoms with van der Waals surface area (Å²) in [4.78, 5) is 23.3. The van der Waals surface area contributed by atoms with E-state index in [0.29, 0.717) is 12.4 Å². The molecule has 1 aromatic carbocycles. The second kappa shape index (κ2) is 8.57. The lowest BCUT2D eigenvalue weighted by Gasteiger charge is -2.17. The van der Waals surface area contributed by atoms with Gasteiger partial charge in [-0.05, 0) is 25.1 Å². The van der Waals surface area contributed by atoms with Crippen molar-refractivity contribution in [1.82, 2.24) is 30.0 Å². The van der Waals surface area contributed by atoms with Gasteiger partial charge in [-0.3, -0.25) is 4.79 Å². The Balaban J connectivity index is 1.89. The molecule has 182 valence electrons. The summed E-state index contributed by atoms with van der Waals surface area (Å²) in [6, 6.07) is -0.800. The van der Waals surface area contributed by atoms with Crippen molar-refractivity contribution in [1.29, 1.82) is 0 Å². The molecule has 1 N–H and O–H groups in total. The highest BCUT2D eigenvalue weighted by Crippen LogP contribution is 2.36. The molecular formula is C18H11F9N6O. The lowest BCUT2D eigenvalue weighted by Crippen LogP contribution is -2.29. The van der Waals surface area contributed by atoms with Crippen molar-refractivity contribution in [3.63, 3.8) is 0 Å². The van der Waals surface area contributed by atoms with Crippen LogP contribution in [0.15, 0.2) is 36.9 Å². The number of carbonyl (C=O) groups is 1. The maximum atomic E-state index is 13.0. The first kappa shape index (κ1) is 24.9. The Morgan fingerprint density at radius 1 is 0.824 bits per heavy atom. The predicted molar refractivity (Wildman–Crippen MR) is 94.3 cm³/mol. The molecule has 0 saturated heterocycles. The molecule has 7 nitrogen and oxygen atoms in total. The van der Waals surface area contributed by atoms with E-state index >= 15 is 0 Å². The number of halogens is 9. The molecule has 2 heterocycles. The Kier molecular flexibility index (Phi) is 6.28. The quantitative estimate of drug-likeness (QED) is 0.532. The minimum Gasteiger partial charge on any atom is -0.342 e. The molecule has 2 aromatic heterocycles. The van der Waals surface area contributed by atoms with Crippen LogP contribution in [-0.2, 0) is 18.5 Å². The minimum absolute atomic E-state index is 0.126. The van der Waals surface area contributed by atoms with Gasteiger partial charge in [0.05, 0.1) is 22.7 Å². The van der Waals surface area contributed by atoms with Gasteiger partial charge in [0.2, 0.25) is 0 Å². The van der Waals surface area contributed by atoms with Crippen molar-refractivity contribution in [3.8, 4) is 5.95 Å². The first-order chi connectivity index (χ1) is 15.6. The molecule has 0 aliphatic rings. The molecule has 3 aromatic rings. The van der Waals surface area contributed by atoms with Crippen LogP contribution >= 0.6 is 0 Å². The molecule has 16 heteroatoms. The van der Waals surface area contributed by atoms with Crippen molar-refractivity contribution in [2.45, 2.75) is 31.5 Å². The van der Waals surface area contributed by atoms with E-state index in [4.69, 9.17) is 0 Å². The second-order valence-electron chi connectivity index (χ2n) is 6.79. The summed E-state index contributed by atoms with van der Waals surface area (Å²) >= 11 is 0. The van der Waals surface area contributed by atoms with Crippen LogP contribution < -0.4 is 5.32 Å². The molecule has 0 aliphatic heterocycles. The molecule has 0 fully saturated rings. The van der Waals surface area contributed by atoms with E-state index in [1.54, 1.807) is 0 Å². The lowest BCUT2D eigenvalue weighted by molar-refractivity contribution is -0.143. The molecule has 1 unspecified atom stereocenters. The van der Waals surface area contributed by atoms with Crippen LogP contribution in [-0.4, -0.2) is 30.6 Å². The molecule has 3 rings (SSSR count). The summed E-state index contributed by atoms with van der Waals surface area (Å²) in [7, 11) is 0. The number of carbonyl (C=O) groups excluding carboxylic acids is 1. The average molecular weight is 498 g/mol. The Bertz CT molecular complexity index is 1150. The fraction of sp³-hybridized carbons (Fsp3) is 0.278. The molecule has 34 heavy (non-hydrogen) atoms. The molecular weight excluding hydrogens is 487 g/mol. The first-order valence-electron chi connectivity index (χ1n) is 8.97. The number of benzene rings is 1. The molecule has 0 radical (unpaired) electrons. The van der Waals surface area contributed by atoms with Crippen molar-refractivity contribution in [2.24, 2.45) is 0 Å². The van der Waals surface area contributed by atoms with E-state index in [9.17, 15) is 44.3 Å². The van der Waals surface area contributed by atoms with Gasteiger partial charge in [0, 0.05) is 18.0 Å². The van der Waals surface area contributed by atoms with E-state index < -0.39 is 52.7 Å². The van der Waals surface area contributed by atoms with E-state index in [1.807, 2.05) is 0 Å². The van der Waals surface area contributed by atoms with Gasteiger partial charge in [0.15, 0.2) is 5.82 Å². The van der Waals surface area contributed by atoms with Crippen molar-refractivity contribution in [3.05, 3.63) is 65.0 Å². The summed E-state index contributed by atoms with van der Waals surface area (Å²) in [5, 5.41) is 5.89. The van der Waals surface area contributed by atoms with Crippen LogP contribution in [0.2, 0.25) is 0 Å². The fourth-order valence-electron chi connectivity index (χ4n) is 2.71. The third-order valence-electron chi connectivity index (χ3n) is 4.31. The fourth-order valence-corrected chi connectivity index (χ4v) is 2.71. The van der Waals surface area contributed by atoms with E-state index in [2.05, 4.69) is 25.4 Å². The van der Waals surface area contributed by atoms with Crippen LogP contribution in [0.1, 0.15) is 45.8 Å². The van der Waals surface area contributed by atoms with Crippen LogP contribution in [0, 0.1) is 0 Å². The molecule has 0 saturated carbocycles. The average Bonchev–Trinajstić information content (AvgIpc) is 3.21. The highest BCUT2D eigenvalue weighted by Gasteiger charge is 2.38. The highest BCUT2D eigenvalue weighted by atomic mass is 19.4. The number of aromatic nitrogens is 5. The summed E-state index contributed by atoms with van der Waals surface area (Å²) < 4.78 is 117. The standard InChI is InChI=1S/C18H11F9N6O/c1-8(13-30-7-31-33(13)15-28-5-12(6-29-15)18(25,26)27)32-14(34)9-2-10(16(19,20)21)4-11(3-9)17(22,23)24/h2-8H,1H3,(H,32,34). The maximum absolute atomic E-state index is 13.0. The largest absolute Gasteiger partial charge is 0.419 e. The van der Waals surface area contributed by atoms with Crippen molar-refractivity contribution >= 4 is 5.91 Å². The normalized spacial score (nSPS) is 13.6. The zero-order valence-electron chi connectivity index (χ0n) is 16.6. The number of nitrogens with one attached hydrogen (secondary N) is 1. The van der Waals surface area contributed by atoms with Crippen LogP contribution in [0.5, 0.6) is 0 Å². The monoisotopic (exact) mass is 498 g/mol.